The Labute approximate surface area is 198 Å². The second kappa shape index (κ2) is 12.3. The predicted molar refractivity (Wildman–Crippen MR) is 129 cm³/mol. The minimum absolute atomic E-state index is 0.0116. The molecule has 3 rings (SSSR count). The largest absolute Gasteiger partial charge is 0.481 e. The quantitative estimate of drug-likeness (QED) is 0.405. The molecule has 7 nitrogen and oxygen atoms in total. The van der Waals surface area contributed by atoms with Crippen LogP contribution >= 0.6 is 11.8 Å². The number of fused-ring (bicyclic) bond motifs is 3. The van der Waals surface area contributed by atoms with Crippen molar-refractivity contribution in [3.8, 4) is 11.1 Å². The number of alkyl carbamates (subject to hydrolysis) is 1. The molecule has 33 heavy (non-hydrogen) atoms. The van der Waals surface area contributed by atoms with Crippen molar-refractivity contribution in [3.05, 3.63) is 59.7 Å². The standard InChI is InChI=1S/C25H30N2O5S/c1-2-7-17(14-23(28)26-12-13-33-16-24(29)30)27-25(31)32-15-22-20-10-5-3-8-18(20)19-9-4-6-11-21(19)22/h3-6,8-11,17,22H,2,7,12-16H2,1H3,(H,26,28)(H,27,31)(H,29,30). The van der Waals surface area contributed by atoms with Crippen LogP contribution in [-0.4, -0.2) is 53.8 Å². The summed E-state index contributed by atoms with van der Waals surface area (Å²) < 4.78 is 5.59. The van der Waals surface area contributed by atoms with Crippen LogP contribution in [0.15, 0.2) is 48.5 Å². The summed E-state index contributed by atoms with van der Waals surface area (Å²) in [5.74, 6) is -0.530. The Morgan fingerprint density at radius 1 is 1.06 bits per heavy atom. The van der Waals surface area contributed by atoms with Crippen LogP contribution in [-0.2, 0) is 14.3 Å². The van der Waals surface area contributed by atoms with Gasteiger partial charge in [-0.1, -0.05) is 61.9 Å². The van der Waals surface area contributed by atoms with Gasteiger partial charge in [0, 0.05) is 30.7 Å². The number of hydrogen-bond acceptors (Lipinski definition) is 5. The summed E-state index contributed by atoms with van der Waals surface area (Å²) in [4.78, 5) is 35.3. The maximum Gasteiger partial charge on any atom is 0.407 e. The third kappa shape index (κ3) is 6.99. The van der Waals surface area contributed by atoms with E-state index >= 15 is 0 Å². The van der Waals surface area contributed by atoms with Crippen LogP contribution in [0.2, 0.25) is 0 Å². The van der Waals surface area contributed by atoms with Gasteiger partial charge in [0.05, 0.1) is 5.75 Å². The zero-order valence-corrected chi connectivity index (χ0v) is 19.5. The number of benzene rings is 2. The highest BCUT2D eigenvalue weighted by molar-refractivity contribution is 7.99. The van der Waals surface area contributed by atoms with Crippen LogP contribution < -0.4 is 10.6 Å². The number of hydrogen-bond donors (Lipinski definition) is 3. The minimum atomic E-state index is -0.873. The number of carbonyl (C=O) groups is 3. The molecule has 0 spiro atoms. The summed E-state index contributed by atoms with van der Waals surface area (Å²) >= 11 is 1.25. The van der Waals surface area contributed by atoms with Crippen LogP contribution in [0.4, 0.5) is 4.79 Å². The summed E-state index contributed by atoms with van der Waals surface area (Å²) in [7, 11) is 0. The van der Waals surface area contributed by atoms with Crippen molar-refractivity contribution >= 4 is 29.7 Å². The molecule has 1 aliphatic rings. The van der Waals surface area contributed by atoms with E-state index in [1.54, 1.807) is 0 Å². The Kier molecular flexibility index (Phi) is 9.18. The van der Waals surface area contributed by atoms with Crippen LogP contribution in [0.25, 0.3) is 11.1 Å². The first kappa shape index (κ1) is 24.6. The molecule has 0 bridgehead atoms. The molecule has 8 heteroatoms. The smallest absolute Gasteiger partial charge is 0.407 e. The van der Waals surface area contributed by atoms with E-state index in [0.29, 0.717) is 18.7 Å². The number of nitrogens with one attached hydrogen (secondary N) is 2. The number of rotatable bonds is 12. The van der Waals surface area contributed by atoms with Crippen molar-refractivity contribution in [2.45, 2.75) is 38.1 Å². The summed E-state index contributed by atoms with van der Waals surface area (Å²) in [5, 5.41) is 14.2. The molecular formula is C25H30N2O5S. The van der Waals surface area contributed by atoms with E-state index < -0.39 is 12.1 Å². The molecular weight excluding hydrogens is 440 g/mol. The third-order valence-corrected chi connectivity index (χ3v) is 6.47. The molecule has 0 saturated heterocycles. The summed E-state index contributed by atoms with van der Waals surface area (Å²) in [6.45, 7) is 2.61. The lowest BCUT2D eigenvalue weighted by atomic mass is 9.98. The van der Waals surface area contributed by atoms with E-state index in [1.165, 1.54) is 22.9 Å². The van der Waals surface area contributed by atoms with Crippen LogP contribution in [0.3, 0.4) is 0 Å². The number of thioether (sulfide) groups is 1. The SMILES string of the molecule is CCCC(CC(=O)NCCSCC(=O)O)NC(=O)OCC1c2ccccc2-c2ccccc21. The Morgan fingerprint density at radius 3 is 2.30 bits per heavy atom. The second-order valence-electron chi connectivity index (χ2n) is 7.96. The van der Waals surface area contributed by atoms with Crippen LogP contribution in [0.5, 0.6) is 0 Å². The topological polar surface area (TPSA) is 105 Å². The van der Waals surface area contributed by atoms with Gasteiger partial charge in [-0.05, 0) is 28.7 Å². The molecule has 1 unspecified atom stereocenters. The Balaban J connectivity index is 1.49. The fraction of sp³-hybridized carbons (Fsp3) is 0.400. The number of carboxylic acids is 1. The van der Waals surface area contributed by atoms with Gasteiger partial charge >= 0.3 is 12.1 Å². The van der Waals surface area contributed by atoms with E-state index in [2.05, 4.69) is 34.9 Å². The van der Waals surface area contributed by atoms with Gasteiger partial charge in [-0.25, -0.2) is 4.79 Å². The highest BCUT2D eigenvalue weighted by atomic mass is 32.2. The van der Waals surface area contributed by atoms with Crippen molar-refractivity contribution in [1.82, 2.24) is 10.6 Å². The van der Waals surface area contributed by atoms with Gasteiger partial charge in [0.25, 0.3) is 0 Å². The first-order valence-corrected chi connectivity index (χ1v) is 12.3. The fourth-order valence-corrected chi connectivity index (χ4v) is 4.66. The molecule has 2 aromatic rings. The number of carboxylic acid groups (broad SMARTS) is 1. The minimum Gasteiger partial charge on any atom is -0.481 e. The monoisotopic (exact) mass is 470 g/mol. The first-order valence-electron chi connectivity index (χ1n) is 11.2. The maximum absolute atomic E-state index is 12.5. The summed E-state index contributed by atoms with van der Waals surface area (Å²) in [5.41, 5.74) is 4.64. The van der Waals surface area contributed by atoms with E-state index in [9.17, 15) is 14.4 Å². The second-order valence-corrected chi connectivity index (χ2v) is 9.06. The van der Waals surface area contributed by atoms with Crippen LogP contribution in [0.1, 0.15) is 43.2 Å². The van der Waals surface area contributed by atoms with Crippen molar-refractivity contribution < 1.29 is 24.2 Å². The zero-order valence-electron chi connectivity index (χ0n) is 18.7. The summed E-state index contributed by atoms with van der Waals surface area (Å²) in [6, 6.07) is 16.0. The number of amides is 2. The highest BCUT2D eigenvalue weighted by Gasteiger charge is 2.29. The van der Waals surface area contributed by atoms with E-state index in [4.69, 9.17) is 9.84 Å². The van der Waals surface area contributed by atoms with E-state index in [1.807, 2.05) is 31.2 Å². The number of carbonyl (C=O) groups excluding carboxylic acids is 2. The van der Waals surface area contributed by atoms with E-state index in [0.717, 1.165) is 17.5 Å². The predicted octanol–water partition coefficient (Wildman–Crippen LogP) is 4.02. The van der Waals surface area contributed by atoms with Gasteiger partial charge in [-0.15, -0.1) is 11.8 Å². The molecule has 1 aliphatic carbocycles. The van der Waals surface area contributed by atoms with Gasteiger partial charge < -0.3 is 20.5 Å². The fourth-order valence-electron chi connectivity index (χ4n) is 4.10. The van der Waals surface area contributed by atoms with Crippen molar-refractivity contribution in [1.29, 1.82) is 0 Å². The first-order chi connectivity index (χ1) is 16.0. The molecule has 0 saturated carbocycles. The average molecular weight is 471 g/mol. The Morgan fingerprint density at radius 2 is 1.70 bits per heavy atom. The highest BCUT2D eigenvalue weighted by Crippen LogP contribution is 2.44. The molecule has 0 heterocycles. The Bertz CT molecular complexity index is 935. The normalized spacial score (nSPS) is 13.0. The molecule has 2 aromatic carbocycles. The molecule has 0 aromatic heterocycles. The lowest BCUT2D eigenvalue weighted by molar-refractivity contribution is -0.133. The van der Waals surface area contributed by atoms with E-state index in [-0.39, 0.29) is 36.6 Å². The molecule has 0 fully saturated rings. The molecule has 176 valence electrons. The maximum atomic E-state index is 12.5. The van der Waals surface area contributed by atoms with Gasteiger partial charge in [0.2, 0.25) is 5.91 Å². The van der Waals surface area contributed by atoms with Crippen molar-refractivity contribution in [2.24, 2.45) is 0 Å². The molecule has 1 atom stereocenters. The zero-order chi connectivity index (χ0) is 23.6. The van der Waals surface area contributed by atoms with Gasteiger partial charge in [0.1, 0.15) is 6.61 Å². The number of aliphatic carboxylic acids is 1. The van der Waals surface area contributed by atoms with Crippen LogP contribution in [0, 0.1) is 0 Å². The average Bonchev–Trinajstić information content (AvgIpc) is 3.11. The molecule has 0 radical (unpaired) electrons. The molecule has 0 aliphatic heterocycles. The van der Waals surface area contributed by atoms with Gasteiger partial charge in [-0.3, -0.25) is 9.59 Å². The number of ether oxygens (including phenoxy) is 1. The van der Waals surface area contributed by atoms with Gasteiger partial charge in [0.15, 0.2) is 0 Å². The summed E-state index contributed by atoms with van der Waals surface area (Å²) in [6.07, 6.45) is 1.10. The van der Waals surface area contributed by atoms with Crippen molar-refractivity contribution in [3.63, 3.8) is 0 Å². The van der Waals surface area contributed by atoms with Crippen molar-refractivity contribution in [2.75, 3.05) is 24.7 Å². The third-order valence-electron chi connectivity index (χ3n) is 5.53. The van der Waals surface area contributed by atoms with Gasteiger partial charge in [-0.2, -0.15) is 0 Å². The Hall–Kier alpha value is -3.00. The lowest BCUT2D eigenvalue weighted by Gasteiger charge is -2.19. The molecule has 3 N–H and O–H groups in total. The lowest BCUT2D eigenvalue weighted by Crippen LogP contribution is -2.40. The molecule has 2 amide bonds.